The molecule has 26 heavy (non-hydrogen) atoms. The molecule has 1 aromatic carbocycles. The lowest BCUT2D eigenvalue weighted by Gasteiger charge is -2.19. The van der Waals surface area contributed by atoms with Crippen molar-refractivity contribution in [1.29, 1.82) is 0 Å². The third-order valence-electron chi connectivity index (χ3n) is 4.73. The SMILES string of the molecule is COc1ccc(C(C)C(=O)Nc2nc(C3CCNCC3)nn2C)cc1.Cl. The molecule has 8 heteroatoms. The first-order valence-corrected chi connectivity index (χ1v) is 8.65. The second kappa shape index (κ2) is 9.00. The van der Waals surface area contributed by atoms with E-state index in [1.54, 1.807) is 11.8 Å². The Balaban J connectivity index is 0.00000243. The van der Waals surface area contributed by atoms with Gasteiger partial charge in [-0.1, -0.05) is 12.1 Å². The first-order valence-electron chi connectivity index (χ1n) is 8.65. The van der Waals surface area contributed by atoms with E-state index in [4.69, 9.17) is 4.74 Å². The maximum atomic E-state index is 12.6. The van der Waals surface area contributed by atoms with Gasteiger partial charge in [0.05, 0.1) is 13.0 Å². The summed E-state index contributed by atoms with van der Waals surface area (Å²) in [7, 11) is 3.43. The molecule has 1 aromatic heterocycles. The van der Waals surface area contributed by atoms with Gasteiger partial charge in [0.25, 0.3) is 0 Å². The number of hydrogen-bond acceptors (Lipinski definition) is 5. The van der Waals surface area contributed by atoms with Gasteiger partial charge in [0, 0.05) is 13.0 Å². The van der Waals surface area contributed by atoms with Crippen LogP contribution in [0.4, 0.5) is 5.95 Å². The van der Waals surface area contributed by atoms with Crippen LogP contribution in [0.5, 0.6) is 5.75 Å². The van der Waals surface area contributed by atoms with E-state index in [2.05, 4.69) is 20.7 Å². The van der Waals surface area contributed by atoms with E-state index >= 15 is 0 Å². The molecule has 0 aliphatic carbocycles. The average Bonchev–Trinajstić information content (AvgIpc) is 3.02. The Morgan fingerprint density at radius 3 is 2.58 bits per heavy atom. The minimum absolute atomic E-state index is 0. The summed E-state index contributed by atoms with van der Waals surface area (Å²) in [6, 6.07) is 7.52. The number of carbonyl (C=O) groups excluding carboxylic acids is 1. The third kappa shape index (κ3) is 4.53. The summed E-state index contributed by atoms with van der Waals surface area (Å²) >= 11 is 0. The molecule has 1 unspecified atom stereocenters. The minimum Gasteiger partial charge on any atom is -0.497 e. The van der Waals surface area contributed by atoms with Crippen LogP contribution < -0.4 is 15.4 Å². The quantitative estimate of drug-likeness (QED) is 0.834. The molecule has 1 fully saturated rings. The fourth-order valence-electron chi connectivity index (χ4n) is 3.03. The highest BCUT2D eigenvalue weighted by atomic mass is 35.5. The number of methoxy groups -OCH3 is 1. The van der Waals surface area contributed by atoms with E-state index < -0.39 is 0 Å². The lowest BCUT2D eigenvalue weighted by Crippen LogP contribution is -2.27. The van der Waals surface area contributed by atoms with Gasteiger partial charge in [0.2, 0.25) is 11.9 Å². The molecule has 0 radical (unpaired) electrons. The molecule has 2 N–H and O–H groups in total. The summed E-state index contributed by atoms with van der Waals surface area (Å²) in [4.78, 5) is 17.1. The predicted octanol–water partition coefficient (Wildman–Crippen LogP) is 2.45. The van der Waals surface area contributed by atoms with E-state index in [1.165, 1.54) is 0 Å². The lowest BCUT2D eigenvalue weighted by molar-refractivity contribution is -0.117. The van der Waals surface area contributed by atoms with Crippen LogP contribution in [0.25, 0.3) is 0 Å². The number of benzene rings is 1. The summed E-state index contributed by atoms with van der Waals surface area (Å²) in [5.41, 5.74) is 0.930. The van der Waals surface area contributed by atoms with E-state index in [0.29, 0.717) is 11.9 Å². The fraction of sp³-hybridized carbons (Fsp3) is 0.500. The van der Waals surface area contributed by atoms with Crippen molar-refractivity contribution in [1.82, 2.24) is 20.1 Å². The number of hydrogen-bond donors (Lipinski definition) is 2. The number of nitrogens with zero attached hydrogens (tertiary/aromatic N) is 3. The summed E-state index contributed by atoms with van der Waals surface area (Å²) in [5.74, 6) is 2.06. The third-order valence-corrected chi connectivity index (χ3v) is 4.73. The normalized spacial score (nSPS) is 15.8. The summed E-state index contributed by atoms with van der Waals surface area (Å²) in [6.45, 7) is 3.85. The number of piperidine rings is 1. The van der Waals surface area contributed by atoms with Crippen molar-refractivity contribution >= 4 is 24.3 Å². The van der Waals surface area contributed by atoms with Crippen molar-refractivity contribution < 1.29 is 9.53 Å². The predicted molar refractivity (Wildman–Crippen MR) is 103 cm³/mol. The van der Waals surface area contributed by atoms with Gasteiger partial charge in [-0.2, -0.15) is 10.1 Å². The largest absolute Gasteiger partial charge is 0.497 e. The van der Waals surface area contributed by atoms with Gasteiger partial charge in [0.15, 0.2) is 5.82 Å². The average molecular weight is 380 g/mol. The van der Waals surface area contributed by atoms with Crippen molar-refractivity contribution in [2.75, 3.05) is 25.5 Å². The molecule has 0 saturated carbocycles. The van der Waals surface area contributed by atoms with Crippen LogP contribution in [0.2, 0.25) is 0 Å². The maximum absolute atomic E-state index is 12.6. The zero-order valence-corrected chi connectivity index (χ0v) is 16.2. The number of anilines is 1. The Labute approximate surface area is 159 Å². The van der Waals surface area contributed by atoms with Crippen molar-refractivity contribution in [3.05, 3.63) is 35.7 Å². The molecule has 3 rings (SSSR count). The molecule has 1 aliphatic rings. The molecule has 1 aliphatic heterocycles. The monoisotopic (exact) mass is 379 g/mol. The Morgan fingerprint density at radius 1 is 1.31 bits per heavy atom. The number of aromatic nitrogens is 3. The van der Waals surface area contributed by atoms with Crippen molar-refractivity contribution in [3.63, 3.8) is 0 Å². The smallest absolute Gasteiger partial charge is 0.233 e. The van der Waals surface area contributed by atoms with Crippen LogP contribution in [-0.4, -0.2) is 40.9 Å². The van der Waals surface area contributed by atoms with E-state index in [0.717, 1.165) is 43.1 Å². The molecule has 0 spiro atoms. The number of aryl methyl sites for hydroxylation is 1. The molecule has 1 atom stereocenters. The van der Waals surface area contributed by atoms with Crippen LogP contribution in [0.1, 0.15) is 43.0 Å². The lowest BCUT2D eigenvalue weighted by atomic mass is 9.98. The Kier molecular flexibility index (Phi) is 6.99. The van der Waals surface area contributed by atoms with Gasteiger partial charge in [-0.05, 0) is 50.6 Å². The van der Waals surface area contributed by atoms with Gasteiger partial charge in [0.1, 0.15) is 5.75 Å². The number of amides is 1. The first kappa shape index (κ1) is 20.2. The van der Waals surface area contributed by atoms with Gasteiger partial charge < -0.3 is 10.1 Å². The molecule has 1 saturated heterocycles. The van der Waals surface area contributed by atoms with Gasteiger partial charge >= 0.3 is 0 Å². The number of rotatable bonds is 5. The van der Waals surface area contributed by atoms with Crippen LogP contribution in [0.3, 0.4) is 0 Å². The standard InChI is InChI=1S/C18H25N5O2.ClH/c1-12(13-4-6-15(25-3)7-5-13)17(24)21-18-20-16(22-23(18)2)14-8-10-19-11-9-14;/h4-7,12,14,19H,8-11H2,1-3H3,(H,20,21,22,24);1H. The zero-order valence-electron chi connectivity index (χ0n) is 15.4. The zero-order chi connectivity index (χ0) is 17.8. The van der Waals surface area contributed by atoms with Crippen LogP contribution in [-0.2, 0) is 11.8 Å². The molecule has 7 nitrogen and oxygen atoms in total. The molecule has 2 aromatic rings. The highest BCUT2D eigenvalue weighted by Gasteiger charge is 2.22. The number of halogens is 1. The van der Waals surface area contributed by atoms with Crippen molar-refractivity contribution in [2.45, 2.75) is 31.6 Å². The van der Waals surface area contributed by atoms with Crippen molar-refractivity contribution in [2.24, 2.45) is 7.05 Å². The summed E-state index contributed by atoms with van der Waals surface area (Å²) < 4.78 is 6.80. The van der Waals surface area contributed by atoms with Gasteiger partial charge in [-0.25, -0.2) is 4.68 Å². The molecular weight excluding hydrogens is 354 g/mol. The second-order valence-corrected chi connectivity index (χ2v) is 6.43. The van der Waals surface area contributed by atoms with Crippen LogP contribution in [0, 0.1) is 0 Å². The van der Waals surface area contributed by atoms with E-state index in [1.807, 2.05) is 38.2 Å². The van der Waals surface area contributed by atoms with Gasteiger partial charge in [-0.3, -0.25) is 10.1 Å². The van der Waals surface area contributed by atoms with Crippen LogP contribution >= 0.6 is 12.4 Å². The van der Waals surface area contributed by atoms with E-state index in [-0.39, 0.29) is 24.2 Å². The summed E-state index contributed by atoms with van der Waals surface area (Å²) in [5, 5.41) is 10.7. The topological polar surface area (TPSA) is 81.1 Å². The maximum Gasteiger partial charge on any atom is 0.233 e. The highest BCUT2D eigenvalue weighted by molar-refractivity contribution is 5.94. The van der Waals surface area contributed by atoms with Crippen molar-refractivity contribution in [3.8, 4) is 5.75 Å². The van der Waals surface area contributed by atoms with Gasteiger partial charge in [-0.15, -0.1) is 12.4 Å². The summed E-state index contributed by atoms with van der Waals surface area (Å²) in [6.07, 6.45) is 2.05. The van der Waals surface area contributed by atoms with E-state index in [9.17, 15) is 4.79 Å². The molecule has 2 heterocycles. The Morgan fingerprint density at radius 2 is 1.96 bits per heavy atom. The Bertz CT molecular complexity index is 726. The fourth-order valence-corrected chi connectivity index (χ4v) is 3.03. The number of nitrogens with one attached hydrogen (secondary N) is 2. The number of carbonyl (C=O) groups is 1. The number of ether oxygens (including phenoxy) is 1. The first-order chi connectivity index (χ1) is 12.1. The minimum atomic E-state index is -0.287. The molecular formula is C18H26ClN5O2. The molecule has 1 amide bonds. The molecule has 0 bridgehead atoms. The molecule has 142 valence electrons. The highest BCUT2D eigenvalue weighted by Crippen LogP contribution is 2.24. The van der Waals surface area contributed by atoms with Crippen LogP contribution in [0.15, 0.2) is 24.3 Å². The Hall–Kier alpha value is -2.12. The second-order valence-electron chi connectivity index (χ2n) is 6.43.